The lowest BCUT2D eigenvalue weighted by atomic mass is 9.76. The number of rotatable bonds is 5. The standard InChI is InChI=1S/C11H19N5/c1-11(9-12,14-7-8-15-16-13)10-5-3-2-4-6-10/h10,14H,2-8H2,1H3. The van der Waals surface area contributed by atoms with Gasteiger partial charge in [0.25, 0.3) is 0 Å². The molecule has 1 aliphatic rings. The van der Waals surface area contributed by atoms with E-state index in [1.807, 2.05) is 6.92 Å². The molecule has 0 spiro atoms. The second-order valence-electron chi connectivity index (χ2n) is 4.53. The Balaban J connectivity index is 2.48. The van der Waals surface area contributed by atoms with Crippen LogP contribution in [0.2, 0.25) is 0 Å². The first-order valence-corrected chi connectivity index (χ1v) is 5.90. The molecule has 88 valence electrons. The van der Waals surface area contributed by atoms with E-state index in [2.05, 4.69) is 21.4 Å². The Hall–Kier alpha value is -1.24. The van der Waals surface area contributed by atoms with Crippen molar-refractivity contribution in [3.8, 4) is 6.07 Å². The summed E-state index contributed by atoms with van der Waals surface area (Å²) in [6.07, 6.45) is 5.98. The molecule has 1 unspecified atom stereocenters. The summed E-state index contributed by atoms with van der Waals surface area (Å²) in [5.41, 5.74) is 7.70. The molecule has 0 heterocycles. The molecule has 0 bridgehead atoms. The van der Waals surface area contributed by atoms with Crippen LogP contribution in [0, 0.1) is 17.2 Å². The van der Waals surface area contributed by atoms with Gasteiger partial charge in [-0.05, 0) is 31.2 Å². The van der Waals surface area contributed by atoms with Crippen LogP contribution in [0.4, 0.5) is 0 Å². The molecule has 0 saturated heterocycles. The van der Waals surface area contributed by atoms with Gasteiger partial charge < -0.3 is 0 Å². The third kappa shape index (κ3) is 3.41. The summed E-state index contributed by atoms with van der Waals surface area (Å²) in [4.78, 5) is 2.70. The normalized spacial score (nSPS) is 20.5. The maximum absolute atomic E-state index is 9.28. The Morgan fingerprint density at radius 2 is 2.19 bits per heavy atom. The van der Waals surface area contributed by atoms with Gasteiger partial charge in [0.1, 0.15) is 5.54 Å². The zero-order valence-electron chi connectivity index (χ0n) is 9.82. The first-order valence-electron chi connectivity index (χ1n) is 5.90. The second-order valence-corrected chi connectivity index (χ2v) is 4.53. The van der Waals surface area contributed by atoms with Crippen LogP contribution >= 0.6 is 0 Å². The fourth-order valence-corrected chi connectivity index (χ4v) is 2.37. The van der Waals surface area contributed by atoms with E-state index in [4.69, 9.17) is 5.53 Å². The van der Waals surface area contributed by atoms with Gasteiger partial charge in [0, 0.05) is 18.0 Å². The first-order chi connectivity index (χ1) is 7.73. The summed E-state index contributed by atoms with van der Waals surface area (Å²) >= 11 is 0. The fraction of sp³-hybridized carbons (Fsp3) is 0.909. The molecule has 0 aliphatic heterocycles. The minimum Gasteiger partial charge on any atom is -0.299 e. The molecule has 0 aromatic carbocycles. The Labute approximate surface area is 96.5 Å². The van der Waals surface area contributed by atoms with Gasteiger partial charge in [-0.25, -0.2) is 0 Å². The SMILES string of the molecule is CC(C#N)(NCCN=[N+]=[N-])C1CCCCC1. The fourth-order valence-electron chi connectivity index (χ4n) is 2.37. The Morgan fingerprint density at radius 1 is 1.50 bits per heavy atom. The minimum absolute atomic E-state index is 0.403. The van der Waals surface area contributed by atoms with Crippen molar-refractivity contribution in [2.24, 2.45) is 11.0 Å². The van der Waals surface area contributed by atoms with Crippen molar-refractivity contribution < 1.29 is 0 Å². The van der Waals surface area contributed by atoms with Gasteiger partial charge in [0.05, 0.1) is 6.07 Å². The molecule has 1 fully saturated rings. The van der Waals surface area contributed by atoms with Gasteiger partial charge in [-0.1, -0.05) is 24.4 Å². The molecular weight excluding hydrogens is 202 g/mol. The molecule has 0 aromatic rings. The molecule has 0 amide bonds. The van der Waals surface area contributed by atoms with E-state index in [9.17, 15) is 5.26 Å². The maximum Gasteiger partial charge on any atom is 0.106 e. The van der Waals surface area contributed by atoms with E-state index in [1.54, 1.807) is 0 Å². The highest BCUT2D eigenvalue weighted by Gasteiger charge is 2.34. The number of nitriles is 1. The summed E-state index contributed by atoms with van der Waals surface area (Å²) in [6, 6.07) is 2.38. The Bertz CT molecular complexity index is 296. The number of nitrogens with zero attached hydrogens (tertiary/aromatic N) is 4. The first kappa shape index (κ1) is 12.8. The van der Waals surface area contributed by atoms with Gasteiger partial charge in [-0.3, -0.25) is 5.32 Å². The van der Waals surface area contributed by atoms with Crippen molar-refractivity contribution in [3.63, 3.8) is 0 Å². The van der Waals surface area contributed by atoms with Crippen molar-refractivity contribution >= 4 is 0 Å². The molecule has 1 rings (SSSR count). The zero-order chi connectivity index (χ0) is 11.9. The van der Waals surface area contributed by atoms with Crippen LogP contribution < -0.4 is 5.32 Å². The molecular formula is C11H19N5. The van der Waals surface area contributed by atoms with E-state index >= 15 is 0 Å². The number of hydrogen-bond donors (Lipinski definition) is 1. The summed E-state index contributed by atoms with van der Waals surface area (Å²) in [5.74, 6) is 0.428. The summed E-state index contributed by atoms with van der Waals surface area (Å²) < 4.78 is 0. The number of azide groups is 1. The van der Waals surface area contributed by atoms with Crippen molar-refractivity contribution in [2.45, 2.75) is 44.6 Å². The highest BCUT2D eigenvalue weighted by Crippen LogP contribution is 2.32. The van der Waals surface area contributed by atoms with Crippen molar-refractivity contribution in [2.75, 3.05) is 13.1 Å². The quantitative estimate of drug-likeness (QED) is 0.335. The van der Waals surface area contributed by atoms with Crippen molar-refractivity contribution in [1.29, 1.82) is 5.26 Å². The molecule has 1 saturated carbocycles. The van der Waals surface area contributed by atoms with E-state index < -0.39 is 5.54 Å². The number of nitrogens with one attached hydrogen (secondary N) is 1. The number of hydrogen-bond acceptors (Lipinski definition) is 3. The highest BCUT2D eigenvalue weighted by atomic mass is 15.1. The topological polar surface area (TPSA) is 84.6 Å². The zero-order valence-corrected chi connectivity index (χ0v) is 9.82. The van der Waals surface area contributed by atoms with Crippen LogP contribution in [0.15, 0.2) is 5.11 Å². The maximum atomic E-state index is 9.28. The van der Waals surface area contributed by atoms with Crippen LogP contribution in [-0.2, 0) is 0 Å². The molecule has 0 aromatic heterocycles. The summed E-state index contributed by atoms with van der Waals surface area (Å²) in [6.45, 7) is 2.93. The monoisotopic (exact) mass is 221 g/mol. The van der Waals surface area contributed by atoms with E-state index in [0.29, 0.717) is 19.0 Å². The largest absolute Gasteiger partial charge is 0.299 e. The second kappa shape index (κ2) is 6.37. The molecule has 16 heavy (non-hydrogen) atoms. The van der Waals surface area contributed by atoms with Crippen molar-refractivity contribution in [1.82, 2.24) is 5.32 Å². The molecule has 5 nitrogen and oxygen atoms in total. The molecule has 1 aliphatic carbocycles. The Morgan fingerprint density at radius 3 is 2.75 bits per heavy atom. The van der Waals surface area contributed by atoms with Crippen LogP contribution in [0.5, 0.6) is 0 Å². The molecule has 5 heteroatoms. The van der Waals surface area contributed by atoms with Gasteiger partial charge in [0.2, 0.25) is 0 Å². The third-order valence-corrected chi connectivity index (χ3v) is 3.42. The van der Waals surface area contributed by atoms with Gasteiger partial charge in [-0.15, -0.1) is 0 Å². The average Bonchev–Trinajstić information content (AvgIpc) is 2.35. The lowest BCUT2D eigenvalue weighted by Gasteiger charge is -2.35. The van der Waals surface area contributed by atoms with E-state index in [-0.39, 0.29) is 0 Å². The molecule has 1 N–H and O–H groups in total. The van der Waals surface area contributed by atoms with Gasteiger partial charge in [-0.2, -0.15) is 5.26 Å². The summed E-state index contributed by atoms with van der Waals surface area (Å²) in [7, 11) is 0. The van der Waals surface area contributed by atoms with Gasteiger partial charge >= 0.3 is 0 Å². The smallest absolute Gasteiger partial charge is 0.106 e. The van der Waals surface area contributed by atoms with E-state index in [1.165, 1.54) is 19.3 Å². The van der Waals surface area contributed by atoms with Crippen LogP contribution in [0.3, 0.4) is 0 Å². The lowest BCUT2D eigenvalue weighted by molar-refractivity contribution is 0.229. The Kier molecular flexibility index (Phi) is 5.10. The predicted octanol–water partition coefficient (Wildman–Crippen LogP) is 2.75. The highest BCUT2D eigenvalue weighted by molar-refractivity contribution is 5.08. The average molecular weight is 221 g/mol. The molecule has 0 radical (unpaired) electrons. The van der Waals surface area contributed by atoms with E-state index in [0.717, 1.165) is 12.8 Å². The minimum atomic E-state index is -0.467. The summed E-state index contributed by atoms with van der Waals surface area (Å²) in [5, 5.41) is 16.0. The molecule has 1 atom stereocenters. The predicted molar refractivity (Wildman–Crippen MR) is 62.6 cm³/mol. The van der Waals surface area contributed by atoms with Crippen LogP contribution in [0.1, 0.15) is 39.0 Å². The van der Waals surface area contributed by atoms with Crippen LogP contribution in [0.25, 0.3) is 10.4 Å². The van der Waals surface area contributed by atoms with Crippen LogP contribution in [-0.4, -0.2) is 18.6 Å². The van der Waals surface area contributed by atoms with Gasteiger partial charge in [0.15, 0.2) is 0 Å². The lowest BCUT2D eigenvalue weighted by Crippen LogP contribution is -2.49. The third-order valence-electron chi connectivity index (χ3n) is 3.42. The van der Waals surface area contributed by atoms with Crippen molar-refractivity contribution in [3.05, 3.63) is 10.4 Å².